The summed E-state index contributed by atoms with van der Waals surface area (Å²) in [5.74, 6) is -2.83. The summed E-state index contributed by atoms with van der Waals surface area (Å²) in [6, 6.07) is 19.6. The third-order valence-electron chi connectivity index (χ3n) is 8.22. The molecule has 0 fully saturated rings. The maximum atomic E-state index is 13.4. The Morgan fingerprint density at radius 2 is 0.765 bits per heavy atom. The van der Waals surface area contributed by atoms with E-state index in [2.05, 4.69) is 21.7 Å². The quantitative estimate of drug-likeness (QED) is 0.0493. The van der Waals surface area contributed by atoms with E-state index in [0.717, 1.165) is 60.7 Å². The molecule has 3 heterocycles. The number of aromatic nitrogens is 1. The van der Waals surface area contributed by atoms with Gasteiger partial charge >= 0.3 is 118 Å². The van der Waals surface area contributed by atoms with E-state index in [0.29, 0.717) is 0 Å². The summed E-state index contributed by atoms with van der Waals surface area (Å²) in [6.45, 7) is -0.858. The Kier molecular flexibility index (Phi) is 20.8. The first-order valence-corrected chi connectivity index (χ1v) is 22.5. The van der Waals surface area contributed by atoms with Gasteiger partial charge < -0.3 is 53.3 Å². The molecule has 0 aliphatic heterocycles. The zero-order chi connectivity index (χ0) is 46.2. The SMILES string of the molecule is O=c1cc(-c2ccc(OS(=O)(=O)[O-])cc2)oc2cc(OS(=O)(=O)[O-])cc(OCc3cccc(COc4cc(OS(=O)(=O)[O-])cc5oc(-c6ccc(OS(=O)(=O)[O-])cc6)cc(=O)c45)n3)c12.[Na+].[Na+].[Na+].[Na+]. The molecule has 0 spiro atoms. The van der Waals surface area contributed by atoms with Crippen molar-refractivity contribution in [3.05, 3.63) is 135 Å². The topological polar surface area (TPSA) is 357 Å². The number of benzene rings is 4. The van der Waals surface area contributed by atoms with E-state index in [9.17, 15) is 61.5 Å². The van der Waals surface area contributed by atoms with Crippen molar-refractivity contribution in [3.8, 4) is 57.1 Å². The predicted molar refractivity (Wildman–Crippen MR) is 210 cm³/mol. The van der Waals surface area contributed by atoms with Crippen molar-refractivity contribution in [3.63, 3.8) is 0 Å². The van der Waals surface area contributed by atoms with Crippen LogP contribution in [0.25, 0.3) is 44.6 Å². The summed E-state index contributed by atoms with van der Waals surface area (Å²) in [7, 11) is -20.9. The van der Waals surface area contributed by atoms with E-state index < -0.39 is 77.2 Å². The van der Waals surface area contributed by atoms with Crippen molar-refractivity contribution < 1.29 is 205 Å². The molecule has 0 unspecified atom stereocenters. The largest absolute Gasteiger partial charge is 1.00 e. The van der Waals surface area contributed by atoms with Gasteiger partial charge in [-0.1, -0.05) is 6.07 Å². The van der Waals surface area contributed by atoms with Crippen LogP contribution >= 0.6 is 0 Å². The minimum atomic E-state index is -5.36. The smallest absolute Gasteiger partial charge is 0.716 e. The van der Waals surface area contributed by atoms with E-state index in [-0.39, 0.29) is 197 Å². The Morgan fingerprint density at radius 3 is 1.09 bits per heavy atom. The molecule has 31 heteroatoms. The Hall–Kier alpha value is -3.11. The van der Waals surface area contributed by atoms with E-state index in [1.165, 1.54) is 42.5 Å². The first-order valence-electron chi connectivity index (χ1n) is 17.2. The van der Waals surface area contributed by atoms with Crippen LogP contribution in [0.5, 0.6) is 34.5 Å². The maximum Gasteiger partial charge on any atom is 1.00 e. The molecule has 0 saturated heterocycles. The molecule has 0 bridgehead atoms. The molecule has 0 N–H and O–H groups in total. The third-order valence-corrected chi connectivity index (χ3v) is 9.81. The summed E-state index contributed by atoms with van der Waals surface area (Å²) in [5, 5.41) is -0.485. The molecule has 23 nitrogen and oxygen atoms in total. The average Bonchev–Trinajstić information content (AvgIpc) is 3.17. The molecule has 0 aliphatic rings. The van der Waals surface area contributed by atoms with Gasteiger partial charge in [-0.05, 0) is 60.7 Å². The van der Waals surface area contributed by atoms with Crippen LogP contribution in [0.3, 0.4) is 0 Å². The molecule has 7 aromatic rings. The Bertz CT molecular complexity index is 3330. The summed E-state index contributed by atoms with van der Waals surface area (Å²) in [6.07, 6.45) is 0. The van der Waals surface area contributed by atoms with Gasteiger partial charge in [-0.2, -0.15) is 0 Å². The molecule has 7 rings (SSSR count). The van der Waals surface area contributed by atoms with Crippen LogP contribution in [0, 0.1) is 0 Å². The minimum absolute atomic E-state index is 0. The summed E-state index contributed by atoms with van der Waals surface area (Å²) in [5.41, 5.74) is -1.44. The third kappa shape index (κ3) is 16.5. The molecule has 0 saturated carbocycles. The number of nitrogens with zero attached hydrogens (tertiary/aromatic N) is 1. The first kappa shape index (κ1) is 59.2. The second kappa shape index (κ2) is 23.9. The number of hydrogen-bond donors (Lipinski definition) is 0. The van der Waals surface area contributed by atoms with E-state index in [1.807, 2.05) is 0 Å². The monoisotopic (exact) mass is 1050 g/mol. The molecule has 0 atom stereocenters. The fourth-order valence-corrected chi connectivity index (χ4v) is 7.24. The number of ether oxygens (including phenoxy) is 2. The summed E-state index contributed by atoms with van der Waals surface area (Å²) < 4.78 is 175. The van der Waals surface area contributed by atoms with Gasteiger partial charge in [0.15, 0.2) is 10.9 Å². The van der Waals surface area contributed by atoms with E-state index in [4.69, 9.17) is 18.3 Å². The fourth-order valence-electron chi connectivity index (χ4n) is 5.88. The Morgan fingerprint density at radius 1 is 0.441 bits per heavy atom. The van der Waals surface area contributed by atoms with Crippen molar-refractivity contribution in [1.29, 1.82) is 0 Å². The molecule has 0 amide bonds. The maximum absolute atomic E-state index is 13.4. The van der Waals surface area contributed by atoms with E-state index >= 15 is 0 Å². The van der Waals surface area contributed by atoms with Crippen LogP contribution in [-0.2, 0) is 54.8 Å². The molecule has 0 radical (unpaired) electrons. The molecule has 4 aromatic carbocycles. The Labute approximate surface area is 473 Å². The second-order valence-corrected chi connectivity index (χ2v) is 16.7. The zero-order valence-corrected chi connectivity index (χ0v) is 46.6. The van der Waals surface area contributed by atoms with Crippen molar-refractivity contribution in [2.24, 2.45) is 0 Å². The van der Waals surface area contributed by atoms with Gasteiger partial charge in [-0.3, -0.25) is 14.6 Å². The van der Waals surface area contributed by atoms with Gasteiger partial charge in [0.1, 0.15) is 81.2 Å². The number of fused-ring (bicyclic) bond motifs is 2. The minimum Gasteiger partial charge on any atom is -0.716 e. The van der Waals surface area contributed by atoms with Gasteiger partial charge in [0.25, 0.3) is 41.6 Å². The van der Waals surface area contributed by atoms with Gasteiger partial charge in [0.05, 0.1) is 11.4 Å². The van der Waals surface area contributed by atoms with Crippen LogP contribution in [-0.4, -0.2) is 56.9 Å². The van der Waals surface area contributed by atoms with Crippen LogP contribution < -0.4 is 155 Å². The molecule has 3 aromatic heterocycles. The predicted octanol–water partition coefficient (Wildman–Crippen LogP) is -8.84. The molecule has 334 valence electrons. The second-order valence-electron chi connectivity index (χ2n) is 12.8. The Balaban J connectivity index is 0.00000306. The van der Waals surface area contributed by atoms with E-state index in [1.54, 1.807) is 0 Å². The standard InChI is InChI=1S/C37H25NO22S4.4Na/c39-28-16-30(20-4-8-24(9-5-20)57-61(41,42)43)55-34-14-26(59-63(47,48)49)12-32(36(28)34)53-18-22-2-1-3-23(38-22)19-54-33-13-27(60-64(50,51)52)15-35-37(33)29(40)17-31(56-35)21-6-10-25(11-7-21)58-62(44,45)46;;;;/h1-17H,18-19H2,(H,41,42,43)(H,44,45,46)(H,47,48,49)(H,50,51,52);;;;/q;4*+1/p-4. The first-order chi connectivity index (χ1) is 29.9. The van der Waals surface area contributed by atoms with Gasteiger partial charge in [0, 0.05) is 47.5 Å². The average molecular weight is 1050 g/mol. The number of pyridine rings is 1. The molecular weight excluding hydrogens is 1030 g/mol. The van der Waals surface area contributed by atoms with Crippen LogP contribution in [0.4, 0.5) is 0 Å². The zero-order valence-electron chi connectivity index (χ0n) is 35.3. The van der Waals surface area contributed by atoms with Crippen LogP contribution in [0.2, 0.25) is 0 Å². The van der Waals surface area contributed by atoms with Gasteiger partial charge in [-0.15, -0.1) is 0 Å². The molecule has 68 heavy (non-hydrogen) atoms. The van der Waals surface area contributed by atoms with Crippen molar-refractivity contribution >= 4 is 63.5 Å². The normalized spacial score (nSPS) is 11.5. The van der Waals surface area contributed by atoms with Crippen LogP contribution in [0.15, 0.2) is 122 Å². The van der Waals surface area contributed by atoms with Gasteiger partial charge in [-0.25, -0.2) is 33.7 Å². The van der Waals surface area contributed by atoms with Crippen molar-refractivity contribution in [1.82, 2.24) is 4.98 Å². The summed E-state index contributed by atoms with van der Waals surface area (Å²) in [4.78, 5) is 31.3. The fraction of sp³-hybridized carbons (Fsp3) is 0.0541. The van der Waals surface area contributed by atoms with Crippen molar-refractivity contribution in [2.45, 2.75) is 13.2 Å². The van der Waals surface area contributed by atoms with Gasteiger partial charge in [0.2, 0.25) is 0 Å². The summed E-state index contributed by atoms with van der Waals surface area (Å²) >= 11 is 0. The van der Waals surface area contributed by atoms with Crippen molar-refractivity contribution in [2.75, 3.05) is 0 Å². The number of rotatable bonds is 16. The number of hydrogen-bond acceptors (Lipinski definition) is 23. The molecular formula is C37H21NNa4O22S4. The van der Waals surface area contributed by atoms with Crippen LogP contribution in [0.1, 0.15) is 11.4 Å². The molecule has 0 aliphatic carbocycles.